The van der Waals surface area contributed by atoms with Gasteiger partial charge in [-0.3, -0.25) is 24.0 Å². The Labute approximate surface area is 111 Å². The van der Waals surface area contributed by atoms with Crippen molar-refractivity contribution in [1.82, 2.24) is 0 Å². The van der Waals surface area contributed by atoms with Crippen LogP contribution in [0.5, 0.6) is 0 Å². The Balaban J connectivity index is -0.000000202. The number of nitrogens with zero attached hydrogens (tertiary/aromatic N) is 6. The summed E-state index contributed by atoms with van der Waals surface area (Å²) in [6, 6.07) is 0. The molecule has 1 N–H and O–H groups in total. The van der Waals surface area contributed by atoms with Gasteiger partial charge in [0.1, 0.15) is 0 Å². The molecule has 0 fully saturated rings. The second-order valence-corrected chi connectivity index (χ2v) is 4.06. The molecule has 0 radical (unpaired) electrons. The minimum Gasteiger partial charge on any atom is -0.373 e. The van der Waals surface area contributed by atoms with Crippen molar-refractivity contribution in [2.45, 2.75) is 0 Å². The molecule has 1 rings (SSSR count). The fraction of sp³-hybridized carbons (Fsp3) is 0. The van der Waals surface area contributed by atoms with E-state index in [9.17, 15) is 9.59 Å². The summed E-state index contributed by atoms with van der Waals surface area (Å²) >= 11 is 0. The first-order valence-electron chi connectivity index (χ1n) is 3.70. The number of allylic oxidation sites excluding steroid dienone is 4. The second-order valence-electron chi connectivity index (χ2n) is 2.06. The van der Waals surface area contributed by atoms with E-state index in [1.807, 2.05) is 0 Å². The lowest BCUT2D eigenvalue weighted by Crippen LogP contribution is -1.97. The Kier molecular flexibility index (Phi) is 15.8. The molecule has 104 valence electrons. The molecule has 19 heavy (non-hydrogen) atoms. The molecule has 0 spiro atoms. The minimum atomic E-state index is -4.19. The molecule has 0 saturated heterocycles. The van der Waals surface area contributed by atoms with Gasteiger partial charge in [-0.25, -0.2) is 0 Å². The van der Waals surface area contributed by atoms with E-state index >= 15 is 0 Å². The third kappa shape index (κ3) is 49.9. The van der Waals surface area contributed by atoms with Crippen LogP contribution in [0.4, 0.5) is 0 Å². The molecule has 0 aliphatic heterocycles. The van der Waals surface area contributed by atoms with Gasteiger partial charge in [0.05, 0.1) is 0 Å². The summed E-state index contributed by atoms with van der Waals surface area (Å²) in [6.45, 7) is 0. The first-order chi connectivity index (χ1) is 8.62. The van der Waals surface area contributed by atoms with Crippen LogP contribution in [0.2, 0.25) is 0 Å². The van der Waals surface area contributed by atoms with Crippen LogP contribution in [0.15, 0.2) is 24.3 Å². The van der Waals surface area contributed by atoms with Gasteiger partial charge >= 0.3 is 9.33 Å². The molecular formula is C6H5ClN6O5S-2. The Morgan fingerprint density at radius 3 is 1.11 bits per heavy atom. The molecule has 0 unspecified atom stereocenters. The number of ketones is 2. The molecule has 11 nitrogen and oxygen atoms in total. The molecule has 0 amide bonds. The molecule has 13 heteroatoms. The zero-order valence-corrected chi connectivity index (χ0v) is 10.4. The van der Waals surface area contributed by atoms with Crippen LogP contribution in [0.3, 0.4) is 0 Å². The van der Waals surface area contributed by atoms with E-state index in [2.05, 4.69) is 10.7 Å². The van der Waals surface area contributed by atoms with Gasteiger partial charge in [-0.2, -0.15) is 8.42 Å². The normalized spacial score (nSPS) is 11.3. The van der Waals surface area contributed by atoms with Crippen molar-refractivity contribution in [3.8, 4) is 0 Å². The Hall–Kier alpha value is -2.36. The lowest BCUT2D eigenvalue weighted by atomic mass is 10.2. The van der Waals surface area contributed by atoms with Crippen LogP contribution in [0, 0.1) is 0 Å². The topological polar surface area (TPSA) is 206 Å². The summed E-state index contributed by atoms with van der Waals surface area (Å²) in [4.78, 5) is 23.6. The first kappa shape index (κ1) is 21.9. The Bertz CT molecular complexity index is 468. The highest BCUT2D eigenvalue weighted by atomic mass is 35.7. The largest absolute Gasteiger partial charge is 0.373 e. The molecular weight excluding hydrogens is 304 g/mol. The summed E-state index contributed by atoms with van der Waals surface area (Å²) in [5, 5.41) is 0. The lowest BCUT2D eigenvalue weighted by molar-refractivity contribution is -0.113. The summed E-state index contributed by atoms with van der Waals surface area (Å²) in [7, 11) is -0.137. The number of halogens is 1. The monoisotopic (exact) mass is 308 g/mol. The predicted molar refractivity (Wildman–Crippen MR) is 65.8 cm³/mol. The minimum absolute atomic E-state index is 0.121. The number of hydrogen-bond donors (Lipinski definition) is 1. The molecule has 0 aromatic heterocycles. The Morgan fingerprint density at radius 1 is 0.895 bits per heavy atom. The molecule has 1 aliphatic carbocycles. The zero-order valence-electron chi connectivity index (χ0n) is 8.86. The van der Waals surface area contributed by atoms with E-state index in [0.717, 1.165) is 0 Å². The maximum Gasteiger partial charge on any atom is 0.353 e. The van der Waals surface area contributed by atoms with Gasteiger partial charge in [0, 0.05) is 10.7 Å². The van der Waals surface area contributed by atoms with Crippen LogP contribution in [-0.2, 0) is 18.9 Å². The van der Waals surface area contributed by atoms with Crippen LogP contribution < -0.4 is 0 Å². The SMILES string of the molecule is O=C1C=CC(=O)C=C1.O=S(=O)(O)Cl.[N-]=[N+]=[N-].[N-]=[N+]=[N-]. The standard InChI is InChI=1S/C6H4O2.ClHO3S.2N3/c7-5-1-2-6(8)4-3-5;1-5(2,3)4;2*1-3-2/h1-4H;(H,2,3,4);;/q;;2*-1. The van der Waals surface area contributed by atoms with Gasteiger partial charge in [-0.15, -0.1) is 0 Å². The van der Waals surface area contributed by atoms with Gasteiger partial charge in [0.2, 0.25) is 0 Å². The molecule has 0 saturated carbocycles. The van der Waals surface area contributed by atoms with E-state index in [1.54, 1.807) is 0 Å². The molecule has 0 aromatic carbocycles. The average Bonchev–Trinajstić information content (AvgIpc) is 2.22. The summed E-state index contributed by atoms with van der Waals surface area (Å²) < 4.78 is 25.2. The number of carbonyl (C=O) groups is 2. The second kappa shape index (κ2) is 13.7. The van der Waals surface area contributed by atoms with Crippen molar-refractivity contribution in [3.63, 3.8) is 0 Å². The van der Waals surface area contributed by atoms with Gasteiger partial charge in [0.15, 0.2) is 11.6 Å². The average molecular weight is 309 g/mol. The maximum absolute atomic E-state index is 10.3. The smallest absolute Gasteiger partial charge is 0.353 e. The van der Waals surface area contributed by atoms with E-state index in [-0.39, 0.29) is 11.6 Å². The highest BCUT2D eigenvalue weighted by molar-refractivity contribution is 8.09. The third-order valence-electron chi connectivity index (χ3n) is 0.824. The van der Waals surface area contributed by atoms with E-state index in [0.29, 0.717) is 0 Å². The van der Waals surface area contributed by atoms with Crippen molar-refractivity contribution < 1.29 is 22.6 Å². The fourth-order valence-electron chi connectivity index (χ4n) is 0.440. The van der Waals surface area contributed by atoms with Gasteiger partial charge in [0.25, 0.3) is 0 Å². The molecule has 0 heterocycles. The highest BCUT2D eigenvalue weighted by Gasteiger charge is 1.97. The van der Waals surface area contributed by atoms with Crippen molar-refractivity contribution >= 4 is 31.6 Å². The number of carbonyl (C=O) groups excluding carboxylic acids is 2. The highest BCUT2D eigenvalue weighted by Crippen LogP contribution is 1.90. The number of hydrogen-bond acceptors (Lipinski definition) is 4. The van der Waals surface area contributed by atoms with Crippen LogP contribution >= 0.6 is 10.7 Å². The zero-order chi connectivity index (χ0) is 15.9. The van der Waals surface area contributed by atoms with Crippen molar-refractivity contribution in [1.29, 1.82) is 0 Å². The summed E-state index contributed by atoms with van der Waals surface area (Å²) in [5.41, 5.74) is 27.0. The van der Waals surface area contributed by atoms with Gasteiger partial charge < -0.3 is 22.1 Å². The van der Waals surface area contributed by atoms with Crippen LogP contribution in [-0.4, -0.2) is 24.5 Å². The van der Waals surface area contributed by atoms with Crippen LogP contribution in [0.25, 0.3) is 31.9 Å². The predicted octanol–water partition coefficient (Wildman–Crippen LogP) is 2.01. The quantitative estimate of drug-likeness (QED) is 0.177. The fourth-order valence-corrected chi connectivity index (χ4v) is 0.440. The van der Waals surface area contributed by atoms with E-state index in [4.69, 9.17) is 35.1 Å². The first-order valence-corrected chi connectivity index (χ1v) is 5.97. The maximum atomic E-state index is 10.3. The van der Waals surface area contributed by atoms with E-state index in [1.165, 1.54) is 34.1 Å². The molecule has 0 aromatic rings. The van der Waals surface area contributed by atoms with Crippen molar-refractivity contribution in [2.75, 3.05) is 0 Å². The molecule has 1 aliphatic rings. The molecule has 0 atom stereocenters. The third-order valence-corrected chi connectivity index (χ3v) is 0.824. The summed E-state index contributed by atoms with van der Waals surface area (Å²) in [6.07, 6.45) is 5.01. The number of rotatable bonds is 0. The van der Waals surface area contributed by atoms with Crippen molar-refractivity contribution in [2.24, 2.45) is 0 Å². The summed E-state index contributed by atoms with van der Waals surface area (Å²) in [5.74, 6) is -0.241. The van der Waals surface area contributed by atoms with Crippen LogP contribution in [0.1, 0.15) is 0 Å². The Morgan fingerprint density at radius 2 is 1.00 bits per heavy atom. The lowest BCUT2D eigenvalue weighted by Gasteiger charge is -1.87. The van der Waals surface area contributed by atoms with E-state index < -0.39 is 9.33 Å². The van der Waals surface area contributed by atoms with Gasteiger partial charge in [-0.05, 0) is 24.3 Å². The van der Waals surface area contributed by atoms with Gasteiger partial charge in [-0.1, -0.05) is 0 Å². The van der Waals surface area contributed by atoms with Crippen molar-refractivity contribution in [3.05, 3.63) is 56.3 Å². The molecule has 0 bridgehead atoms.